The van der Waals surface area contributed by atoms with Gasteiger partial charge < -0.3 is 5.32 Å². The van der Waals surface area contributed by atoms with Gasteiger partial charge in [0.05, 0.1) is 0 Å². The minimum atomic E-state index is 0.246. The molecule has 1 aromatic rings. The van der Waals surface area contributed by atoms with Crippen LogP contribution in [0, 0.1) is 6.92 Å². The van der Waals surface area contributed by atoms with Crippen LogP contribution >= 0.6 is 0 Å². The average Bonchev–Trinajstić information content (AvgIpc) is 2.17. The molecule has 15 heavy (non-hydrogen) atoms. The molecule has 0 bridgehead atoms. The monoisotopic (exact) mass is 205 g/mol. The van der Waals surface area contributed by atoms with E-state index in [-0.39, 0.29) is 5.41 Å². The summed E-state index contributed by atoms with van der Waals surface area (Å²) in [5.41, 5.74) is 3.00. The van der Waals surface area contributed by atoms with Crippen molar-refractivity contribution in [2.24, 2.45) is 0 Å². The van der Waals surface area contributed by atoms with Gasteiger partial charge in [-0.1, -0.05) is 43.7 Å². The first kappa shape index (κ1) is 12.3. The molecule has 0 saturated heterocycles. The molecule has 1 nitrogen and oxygen atoms in total. The lowest BCUT2D eigenvalue weighted by Crippen LogP contribution is -2.30. The molecule has 1 aromatic carbocycles. The normalized spacial score (nSPS) is 13.9. The van der Waals surface area contributed by atoms with Gasteiger partial charge in [-0.3, -0.25) is 0 Å². The molecule has 0 aliphatic rings. The Balaban J connectivity index is 2.80. The lowest BCUT2D eigenvalue weighted by molar-refractivity contribution is 0.405. The highest BCUT2D eigenvalue weighted by atomic mass is 14.9. The lowest BCUT2D eigenvalue weighted by atomic mass is 9.79. The van der Waals surface area contributed by atoms with Gasteiger partial charge in [-0.05, 0) is 38.3 Å². The summed E-state index contributed by atoms with van der Waals surface area (Å²) in [6.07, 6.45) is 1.16. The molecule has 0 radical (unpaired) electrons. The van der Waals surface area contributed by atoms with E-state index >= 15 is 0 Å². The van der Waals surface area contributed by atoms with Crippen LogP contribution in [0.3, 0.4) is 0 Å². The fourth-order valence-electron chi connectivity index (χ4n) is 1.99. The molecule has 0 aromatic heterocycles. The van der Waals surface area contributed by atoms with Crippen LogP contribution in [0.2, 0.25) is 0 Å². The Hall–Kier alpha value is -0.820. The summed E-state index contributed by atoms with van der Waals surface area (Å²) in [6, 6.07) is 9.44. The SMILES string of the molecule is CNC(C)CC(C)(C)c1ccc(C)cc1. The molecule has 0 saturated carbocycles. The van der Waals surface area contributed by atoms with Crippen LogP contribution in [0.4, 0.5) is 0 Å². The summed E-state index contributed by atoms with van der Waals surface area (Å²) in [6.45, 7) is 8.99. The van der Waals surface area contributed by atoms with Crippen molar-refractivity contribution in [3.63, 3.8) is 0 Å². The second kappa shape index (κ2) is 4.80. The Morgan fingerprint density at radius 3 is 2.20 bits per heavy atom. The highest BCUT2D eigenvalue weighted by molar-refractivity contribution is 5.27. The van der Waals surface area contributed by atoms with Crippen LogP contribution < -0.4 is 5.32 Å². The largest absolute Gasteiger partial charge is 0.317 e. The van der Waals surface area contributed by atoms with Crippen LogP contribution in [0.15, 0.2) is 24.3 Å². The Kier molecular flexibility index (Phi) is 3.92. The topological polar surface area (TPSA) is 12.0 Å². The molecule has 1 unspecified atom stereocenters. The maximum atomic E-state index is 3.30. The van der Waals surface area contributed by atoms with Crippen LogP contribution in [0.25, 0.3) is 0 Å². The maximum Gasteiger partial charge on any atom is 0.00440 e. The summed E-state index contributed by atoms with van der Waals surface area (Å²) in [5, 5.41) is 3.30. The minimum absolute atomic E-state index is 0.246. The first-order valence-corrected chi connectivity index (χ1v) is 5.70. The van der Waals surface area contributed by atoms with E-state index in [9.17, 15) is 0 Å². The van der Waals surface area contributed by atoms with Crippen molar-refractivity contribution in [2.45, 2.75) is 45.6 Å². The molecular weight excluding hydrogens is 182 g/mol. The molecule has 0 fully saturated rings. The van der Waals surface area contributed by atoms with Crippen LogP contribution in [-0.2, 0) is 5.41 Å². The fraction of sp³-hybridized carbons (Fsp3) is 0.571. The molecule has 1 heteroatoms. The Morgan fingerprint density at radius 1 is 1.20 bits per heavy atom. The van der Waals surface area contributed by atoms with Crippen molar-refractivity contribution >= 4 is 0 Å². The summed E-state index contributed by atoms with van der Waals surface area (Å²) in [5.74, 6) is 0. The predicted molar refractivity (Wildman–Crippen MR) is 67.3 cm³/mol. The van der Waals surface area contributed by atoms with E-state index in [4.69, 9.17) is 0 Å². The third-order valence-corrected chi connectivity index (χ3v) is 3.14. The van der Waals surface area contributed by atoms with Crippen molar-refractivity contribution in [3.05, 3.63) is 35.4 Å². The van der Waals surface area contributed by atoms with Crippen molar-refractivity contribution in [1.82, 2.24) is 5.32 Å². The Bertz CT molecular complexity index is 298. The Labute approximate surface area is 93.9 Å². The van der Waals surface area contributed by atoms with Gasteiger partial charge in [0.15, 0.2) is 0 Å². The van der Waals surface area contributed by atoms with E-state index in [1.807, 2.05) is 7.05 Å². The van der Waals surface area contributed by atoms with Gasteiger partial charge in [0, 0.05) is 6.04 Å². The Morgan fingerprint density at radius 2 is 1.73 bits per heavy atom. The molecule has 0 spiro atoms. The van der Waals surface area contributed by atoms with E-state index in [1.54, 1.807) is 0 Å². The molecule has 84 valence electrons. The first-order valence-electron chi connectivity index (χ1n) is 5.70. The summed E-state index contributed by atoms with van der Waals surface area (Å²) < 4.78 is 0. The molecule has 0 amide bonds. The zero-order chi connectivity index (χ0) is 11.5. The predicted octanol–water partition coefficient (Wildman–Crippen LogP) is 3.27. The number of hydrogen-bond acceptors (Lipinski definition) is 1. The number of rotatable bonds is 4. The smallest absolute Gasteiger partial charge is 0.00440 e. The molecule has 1 atom stereocenters. The molecular formula is C14H23N. The second-order valence-corrected chi connectivity index (χ2v) is 5.14. The summed E-state index contributed by atoms with van der Waals surface area (Å²) in [7, 11) is 2.02. The van der Waals surface area contributed by atoms with Gasteiger partial charge in [0.2, 0.25) is 0 Å². The van der Waals surface area contributed by atoms with Gasteiger partial charge >= 0.3 is 0 Å². The highest BCUT2D eigenvalue weighted by Gasteiger charge is 2.22. The number of benzene rings is 1. The van der Waals surface area contributed by atoms with Crippen molar-refractivity contribution in [2.75, 3.05) is 7.05 Å². The molecule has 1 rings (SSSR count). The summed E-state index contributed by atoms with van der Waals surface area (Å²) in [4.78, 5) is 0. The zero-order valence-electron chi connectivity index (χ0n) is 10.6. The molecule has 0 heterocycles. The maximum absolute atomic E-state index is 3.30. The fourth-order valence-corrected chi connectivity index (χ4v) is 1.99. The molecule has 0 aliphatic heterocycles. The second-order valence-electron chi connectivity index (χ2n) is 5.14. The quantitative estimate of drug-likeness (QED) is 0.795. The van der Waals surface area contributed by atoms with Crippen molar-refractivity contribution in [1.29, 1.82) is 0 Å². The van der Waals surface area contributed by atoms with E-state index in [0.717, 1.165) is 6.42 Å². The standard InChI is InChI=1S/C14H23N/c1-11-6-8-13(9-7-11)14(3,4)10-12(2)15-5/h6-9,12,15H,10H2,1-5H3. The molecule has 1 N–H and O–H groups in total. The minimum Gasteiger partial charge on any atom is -0.317 e. The zero-order valence-corrected chi connectivity index (χ0v) is 10.6. The summed E-state index contributed by atoms with van der Waals surface area (Å²) >= 11 is 0. The van der Waals surface area contributed by atoms with E-state index in [2.05, 4.69) is 57.3 Å². The third-order valence-electron chi connectivity index (χ3n) is 3.14. The highest BCUT2D eigenvalue weighted by Crippen LogP contribution is 2.28. The van der Waals surface area contributed by atoms with Crippen molar-refractivity contribution in [3.8, 4) is 0 Å². The number of aryl methyl sites for hydroxylation is 1. The van der Waals surface area contributed by atoms with Crippen LogP contribution in [0.5, 0.6) is 0 Å². The van der Waals surface area contributed by atoms with Gasteiger partial charge in [0.1, 0.15) is 0 Å². The third kappa shape index (κ3) is 3.35. The van der Waals surface area contributed by atoms with Crippen LogP contribution in [-0.4, -0.2) is 13.1 Å². The van der Waals surface area contributed by atoms with Gasteiger partial charge in [-0.15, -0.1) is 0 Å². The van der Waals surface area contributed by atoms with E-state index < -0.39 is 0 Å². The van der Waals surface area contributed by atoms with E-state index in [0.29, 0.717) is 6.04 Å². The number of nitrogens with one attached hydrogen (secondary N) is 1. The van der Waals surface area contributed by atoms with Gasteiger partial charge in [-0.25, -0.2) is 0 Å². The van der Waals surface area contributed by atoms with Crippen LogP contribution in [0.1, 0.15) is 38.3 Å². The van der Waals surface area contributed by atoms with Gasteiger partial charge in [-0.2, -0.15) is 0 Å². The lowest BCUT2D eigenvalue weighted by Gasteiger charge is -2.28. The van der Waals surface area contributed by atoms with E-state index in [1.165, 1.54) is 11.1 Å². The average molecular weight is 205 g/mol. The number of hydrogen-bond donors (Lipinski definition) is 1. The van der Waals surface area contributed by atoms with Gasteiger partial charge in [0.25, 0.3) is 0 Å². The first-order chi connectivity index (χ1) is 6.95. The van der Waals surface area contributed by atoms with Crippen molar-refractivity contribution < 1.29 is 0 Å². The molecule has 0 aliphatic carbocycles.